The van der Waals surface area contributed by atoms with E-state index in [1.54, 1.807) is 6.20 Å². The smallest absolute Gasteiger partial charge is 0.0759 e. The van der Waals surface area contributed by atoms with Crippen molar-refractivity contribution >= 4 is 11.6 Å². The molecule has 1 rings (SSSR count). The number of aromatic nitrogens is 1. The molecular formula is C12H15ClN2. The van der Waals surface area contributed by atoms with Gasteiger partial charge in [-0.3, -0.25) is 4.98 Å². The first-order chi connectivity index (χ1) is 7.29. The van der Waals surface area contributed by atoms with E-state index >= 15 is 0 Å². The van der Waals surface area contributed by atoms with Crippen LogP contribution in [0.2, 0.25) is 5.02 Å². The van der Waals surface area contributed by atoms with E-state index in [0.29, 0.717) is 5.02 Å². The molecule has 0 fully saturated rings. The van der Waals surface area contributed by atoms with Gasteiger partial charge in [0.25, 0.3) is 0 Å². The number of nitrogens with one attached hydrogen (secondary N) is 1. The average molecular weight is 223 g/mol. The molecule has 0 radical (unpaired) electrons. The summed E-state index contributed by atoms with van der Waals surface area (Å²) in [6.07, 6.45) is 8.60. The summed E-state index contributed by atoms with van der Waals surface area (Å²) < 4.78 is 0. The minimum Gasteiger partial charge on any atom is -0.309 e. The summed E-state index contributed by atoms with van der Waals surface area (Å²) in [7, 11) is 0. The van der Waals surface area contributed by atoms with Crippen molar-refractivity contribution in [2.24, 2.45) is 0 Å². The van der Waals surface area contributed by atoms with Gasteiger partial charge in [-0.25, -0.2) is 0 Å². The Morgan fingerprint density at radius 1 is 1.67 bits per heavy atom. The van der Waals surface area contributed by atoms with Gasteiger partial charge >= 0.3 is 0 Å². The van der Waals surface area contributed by atoms with E-state index in [-0.39, 0.29) is 6.04 Å². The van der Waals surface area contributed by atoms with E-state index in [4.69, 9.17) is 18.0 Å². The Hall–Kier alpha value is -1.04. The molecule has 0 aliphatic heterocycles. The van der Waals surface area contributed by atoms with Gasteiger partial charge in [0.15, 0.2) is 0 Å². The molecule has 80 valence electrons. The summed E-state index contributed by atoms with van der Waals surface area (Å²) >= 11 is 6.08. The van der Waals surface area contributed by atoms with Crippen molar-refractivity contribution in [3.05, 3.63) is 29.0 Å². The highest BCUT2D eigenvalue weighted by Crippen LogP contribution is 2.23. The Labute approximate surface area is 96.1 Å². The van der Waals surface area contributed by atoms with Crippen LogP contribution in [-0.4, -0.2) is 11.5 Å². The van der Waals surface area contributed by atoms with Crippen LogP contribution in [0.15, 0.2) is 18.3 Å². The van der Waals surface area contributed by atoms with Crippen molar-refractivity contribution in [1.29, 1.82) is 0 Å². The number of hydrogen-bond acceptors (Lipinski definition) is 2. The second kappa shape index (κ2) is 6.44. The first-order valence-electron chi connectivity index (χ1n) is 5.06. The van der Waals surface area contributed by atoms with Crippen molar-refractivity contribution in [1.82, 2.24) is 10.3 Å². The standard InChI is InChI=1S/C12H15ClN2/c1-3-5-8-11(14-4-2)12-10(13)7-6-9-15-12/h1,6-7,9,11,14H,4-5,8H2,2H3. The zero-order valence-corrected chi connectivity index (χ0v) is 9.59. The van der Waals surface area contributed by atoms with E-state index in [2.05, 4.69) is 23.1 Å². The lowest BCUT2D eigenvalue weighted by atomic mass is 10.1. The van der Waals surface area contributed by atoms with Crippen LogP contribution in [-0.2, 0) is 0 Å². The Balaban J connectivity index is 2.79. The second-order valence-corrected chi connectivity index (χ2v) is 3.63. The largest absolute Gasteiger partial charge is 0.309 e. The molecule has 0 amide bonds. The second-order valence-electron chi connectivity index (χ2n) is 3.22. The van der Waals surface area contributed by atoms with Gasteiger partial charge in [0, 0.05) is 12.6 Å². The van der Waals surface area contributed by atoms with Crippen molar-refractivity contribution < 1.29 is 0 Å². The topological polar surface area (TPSA) is 24.9 Å². The van der Waals surface area contributed by atoms with Crippen molar-refractivity contribution in [2.75, 3.05) is 6.54 Å². The third kappa shape index (κ3) is 3.54. The highest BCUT2D eigenvalue weighted by Gasteiger charge is 2.13. The van der Waals surface area contributed by atoms with Crippen LogP contribution < -0.4 is 5.32 Å². The van der Waals surface area contributed by atoms with E-state index in [1.807, 2.05) is 12.1 Å². The Morgan fingerprint density at radius 3 is 3.07 bits per heavy atom. The van der Waals surface area contributed by atoms with Crippen LogP contribution in [0.25, 0.3) is 0 Å². The quantitative estimate of drug-likeness (QED) is 0.775. The van der Waals surface area contributed by atoms with Crippen LogP contribution >= 0.6 is 11.6 Å². The van der Waals surface area contributed by atoms with E-state index in [0.717, 1.165) is 25.1 Å². The van der Waals surface area contributed by atoms with Gasteiger partial charge in [0.05, 0.1) is 16.8 Å². The molecule has 0 saturated carbocycles. The third-order valence-corrected chi connectivity index (χ3v) is 2.46. The van der Waals surface area contributed by atoms with Crippen LogP contribution in [0.4, 0.5) is 0 Å². The van der Waals surface area contributed by atoms with Crippen molar-refractivity contribution in [2.45, 2.75) is 25.8 Å². The Bertz CT molecular complexity index is 344. The number of pyridine rings is 1. The highest BCUT2D eigenvalue weighted by molar-refractivity contribution is 6.31. The molecule has 3 heteroatoms. The van der Waals surface area contributed by atoms with E-state index in [1.165, 1.54) is 0 Å². The molecule has 0 bridgehead atoms. The van der Waals surface area contributed by atoms with Gasteiger partial charge in [-0.05, 0) is 25.1 Å². The monoisotopic (exact) mass is 222 g/mol. The maximum absolute atomic E-state index is 6.08. The molecule has 0 saturated heterocycles. The fourth-order valence-corrected chi connectivity index (χ4v) is 1.72. The summed E-state index contributed by atoms with van der Waals surface area (Å²) in [5.74, 6) is 2.63. The Morgan fingerprint density at radius 2 is 2.47 bits per heavy atom. The predicted octanol–water partition coefficient (Wildman–Crippen LogP) is 2.80. The molecule has 0 spiro atoms. The summed E-state index contributed by atoms with van der Waals surface area (Å²) in [6, 6.07) is 3.83. The van der Waals surface area contributed by atoms with Crippen molar-refractivity contribution in [3.63, 3.8) is 0 Å². The normalized spacial score (nSPS) is 12.1. The lowest BCUT2D eigenvalue weighted by molar-refractivity contribution is 0.511. The van der Waals surface area contributed by atoms with Gasteiger partial charge < -0.3 is 5.32 Å². The number of nitrogens with zero attached hydrogens (tertiary/aromatic N) is 1. The van der Waals surface area contributed by atoms with Gasteiger partial charge in [-0.1, -0.05) is 18.5 Å². The van der Waals surface area contributed by atoms with Crippen LogP contribution in [0.5, 0.6) is 0 Å². The predicted molar refractivity (Wildman–Crippen MR) is 63.7 cm³/mol. The maximum atomic E-state index is 6.08. The molecule has 1 atom stereocenters. The van der Waals surface area contributed by atoms with Gasteiger partial charge in [-0.2, -0.15) is 0 Å². The molecule has 15 heavy (non-hydrogen) atoms. The first kappa shape index (κ1) is 12.0. The zero-order valence-electron chi connectivity index (χ0n) is 8.83. The highest BCUT2D eigenvalue weighted by atomic mass is 35.5. The fraction of sp³-hybridized carbons (Fsp3) is 0.417. The summed E-state index contributed by atoms with van der Waals surface area (Å²) in [5.41, 5.74) is 0.885. The molecule has 1 aromatic heterocycles. The third-order valence-electron chi connectivity index (χ3n) is 2.14. The number of halogens is 1. The fourth-order valence-electron chi connectivity index (χ4n) is 1.46. The molecule has 1 N–H and O–H groups in total. The zero-order chi connectivity index (χ0) is 11.1. The Kier molecular flexibility index (Phi) is 5.17. The minimum atomic E-state index is 0.153. The summed E-state index contributed by atoms with van der Waals surface area (Å²) in [4.78, 5) is 4.29. The SMILES string of the molecule is C#CCCC(NCC)c1ncccc1Cl. The van der Waals surface area contributed by atoms with Gasteiger partial charge in [0.1, 0.15) is 0 Å². The number of terminal acetylenes is 1. The number of rotatable bonds is 5. The average Bonchev–Trinajstić information content (AvgIpc) is 2.25. The molecular weight excluding hydrogens is 208 g/mol. The molecule has 0 aliphatic carbocycles. The molecule has 2 nitrogen and oxygen atoms in total. The summed E-state index contributed by atoms with van der Waals surface area (Å²) in [5, 5.41) is 4.03. The molecule has 1 heterocycles. The summed E-state index contributed by atoms with van der Waals surface area (Å²) in [6.45, 7) is 2.93. The molecule has 0 aliphatic rings. The molecule has 1 unspecified atom stereocenters. The number of hydrogen-bond donors (Lipinski definition) is 1. The lowest BCUT2D eigenvalue weighted by Gasteiger charge is -2.17. The van der Waals surface area contributed by atoms with Crippen LogP contribution in [0.3, 0.4) is 0 Å². The van der Waals surface area contributed by atoms with E-state index < -0.39 is 0 Å². The first-order valence-corrected chi connectivity index (χ1v) is 5.44. The van der Waals surface area contributed by atoms with E-state index in [9.17, 15) is 0 Å². The molecule has 1 aromatic rings. The maximum Gasteiger partial charge on any atom is 0.0759 e. The lowest BCUT2D eigenvalue weighted by Crippen LogP contribution is -2.22. The van der Waals surface area contributed by atoms with Crippen LogP contribution in [0.1, 0.15) is 31.5 Å². The minimum absolute atomic E-state index is 0.153. The van der Waals surface area contributed by atoms with Crippen molar-refractivity contribution in [3.8, 4) is 12.3 Å². The van der Waals surface area contributed by atoms with Crippen LogP contribution in [0, 0.1) is 12.3 Å². The van der Waals surface area contributed by atoms with Gasteiger partial charge in [-0.15, -0.1) is 12.3 Å². The van der Waals surface area contributed by atoms with Gasteiger partial charge in [0.2, 0.25) is 0 Å². The molecule has 0 aromatic carbocycles.